The Balaban J connectivity index is 2.11. The van der Waals surface area contributed by atoms with Crippen LogP contribution in [0.1, 0.15) is 0 Å². The Morgan fingerprint density at radius 3 is 3.08 bits per heavy atom. The van der Waals surface area contributed by atoms with E-state index in [1.807, 2.05) is 24.3 Å². The van der Waals surface area contributed by atoms with Crippen molar-refractivity contribution in [3.8, 4) is 0 Å². The van der Waals surface area contributed by atoms with Gasteiger partial charge in [0.25, 0.3) is 0 Å². The summed E-state index contributed by atoms with van der Waals surface area (Å²) < 4.78 is 16.6. The van der Waals surface area contributed by atoms with Gasteiger partial charge in [-0.05, 0) is 12.1 Å². The van der Waals surface area contributed by atoms with Gasteiger partial charge in [0.1, 0.15) is 0 Å². The number of thioether (sulfide) groups is 1. The highest BCUT2D eigenvalue weighted by Gasteiger charge is 2.20. The highest BCUT2D eigenvalue weighted by molar-refractivity contribution is 8.00. The SMILES string of the molecule is FCOC1Nc2ccccc2S1. The Labute approximate surface area is 74.1 Å². The maximum Gasteiger partial charge on any atom is 0.191 e. The topological polar surface area (TPSA) is 21.3 Å². The summed E-state index contributed by atoms with van der Waals surface area (Å²) >= 11 is 1.49. The molecule has 2 nitrogen and oxygen atoms in total. The van der Waals surface area contributed by atoms with Gasteiger partial charge in [0.2, 0.25) is 0 Å². The van der Waals surface area contributed by atoms with Gasteiger partial charge in [-0.15, -0.1) is 0 Å². The molecule has 1 N–H and O–H groups in total. The van der Waals surface area contributed by atoms with E-state index in [0.717, 1.165) is 10.6 Å². The molecule has 0 radical (unpaired) electrons. The van der Waals surface area contributed by atoms with E-state index in [4.69, 9.17) is 4.74 Å². The minimum absolute atomic E-state index is 0.271. The van der Waals surface area contributed by atoms with Crippen molar-refractivity contribution in [3.63, 3.8) is 0 Å². The monoisotopic (exact) mass is 185 g/mol. The van der Waals surface area contributed by atoms with E-state index in [-0.39, 0.29) is 5.56 Å². The van der Waals surface area contributed by atoms with Crippen LogP contribution >= 0.6 is 11.8 Å². The van der Waals surface area contributed by atoms with Crippen LogP contribution in [-0.2, 0) is 4.74 Å². The molecule has 1 aliphatic heterocycles. The number of alkyl halides is 1. The zero-order valence-corrected chi connectivity index (χ0v) is 7.10. The summed E-state index contributed by atoms with van der Waals surface area (Å²) in [4.78, 5) is 1.11. The average Bonchev–Trinajstić information content (AvgIpc) is 2.47. The summed E-state index contributed by atoms with van der Waals surface area (Å²) in [6.45, 7) is -0.751. The van der Waals surface area contributed by atoms with Crippen molar-refractivity contribution >= 4 is 17.4 Å². The first kappa shape index (κ1) is 7.89. The van der Waals surface area contributed by atoms with Crippen LogP contribution in [0.5, 0.6) is 0 Å². The fourth-order valence-corrected chi connectivity index (χ4v) is 2.04. The number of benzene rings is 1. The highest BCUT2D eigenvalue weighted by Crippen LogP contribution is 2.38. The Kier molecular flexibility index (Phi) is 2.19. The van der Waals surface area contributed by atoms with E-state index in [1.54, 1.807) is 0 Å². The van der Waals surface area contributed by atoms with Gasteiger partial charge < -0.3 is 10.1 Å². The summed E-state index contributed by atoms with van der Waals surface area (Å²) in [5.74, 6) is 0. The molecule has 0 fully saturated rings. The molecule has 1 aromatic carbocycles. The van der Waals surface area contributed by atoms with Crippen LogP contribution in [0.3, 0.4) is 0 Å². The van der Waals surface area contributed by atoms with Crippen molar-refractivity contribution in [1.29, 1.82) is 0 Å². The van der Waals surface area contributed by atoms with Crippen LogP contribution in [0.15, 0.2) is 29.2 Å². The molecule has 0 amide bonds. The van der Waals surface area contributed by atoms with E-state index in [1.165, 1.54) is 11.8 Å². The van der Waals surface area contributed by atoms with Gasteiger partial charge >= 0.3 is 0 Å². The van der Waals surface area contributed by atoms with Gasteiger partial charge in [0.05, 0.1) is 5.69 Å². The molecule has 0 aliphatic carbocycles. The molecule has 1 heterocycles. The Morgan fingerprint density at radius 1 is 1.50 bits per heavy atom. The van der Waals surface area contributed by atoms with Gasteiger partial charge in [-0.1, -0.05) is 23.9 Å². The van der Waals surface area contributed by atoms with Gasteiger partial charge in [-0.3, -0.25) is 0 Å². The summed E-state index contributed by atoms with van der Waals surface area (Å²) in [7, 11) is 0. The van der Waals surface area contributed by atoms with E-state index < -0.39 is 6.86 Å². The second-order valence-corrected chi connectivity index (χ2v) is 3.47. The zero-order chi connectivity index (χ0) is 8.39. The number of anilines is 1. The maximum absolute atomic E-state index is 11.8. The van der Waals surface area contributed by atoms with E-state index in [0.29, 0.717) is 0 Å². The van der Waals surface area contributed by atoms with Crippen LogP contribution in [0.25, 0.3) is 0 Å². The number of hydrogen-bond acceptors (Lipinski definition) is 3. The van der Waals surface area contributed by atoms with Crippen LogP contribution in [-0.4, -0.2) is 12.4 Å². The Hall–Kier alpha value is -0.740. The average molecular weight is 185 g/mol. The predicted octanol–water partition coefficient (Wildman–Crippen LogP) is 2.43. The lowest BCUT2D eigenvalue weighted by Crippen LogP contribution is -2.13. The van der Waals surface area contributed by atoms with Crippen LogP contribution in [0.2, 0.25) is 0 Å². The molecule has 2 rings (SSSR count). The number of halogens is 1. The fourth-order valence-electron chi connectivity index (χ4n) is 1.09. The van der Waals surface area contributed by atoms with Crippen LogP contribution in [0.4, 0.5) is 10.1 Å². The number of para-hydroxylation sites is 1. The van der Waals surface area contributed by atoms with E-state index in [9.17, 15) is 4.39 Å². The molecule has 1 unspecified atom stereocenters. The first-order chi connectivity index (χ1) is 5.90. The van der Waals surface area contributed by atoms with Crippen molar-refractivity contribution in [1.82, 2.24) is 0 Å². The number of hydrogen-bond donors (Lipinski definition) is 1. The standard InChI is InChI=1S/C8H8FNOS/c9-5-11-8-10-6-3-1-2-4-7(6)12-8/h1-4,8,10H,5H2. The smallest absolute Gasteiger partial charge is 0.191 e. The molecular weight excluding hydrogens is 177 g/mol. The molecular formula is C8H8FNOS. The van der Waals surface area contributed by atoms with Crippen molar-refractivity contribution in [2.75, 3.05) is 12.2 Å². The van der Waals surface area contributed by atoms with Crippen molar-refractivity contribution in [3.05, 3.63) is 24.3 Å². The minimum Gasteiger partial charge on any atom is -0.350 e. The third-order valence-electron chi connectivity index (χ3n) is 1.61. The molecule has 1 aromatic rings. The minimum atomic E-state index is -0.751. The molecule has 0 saturated heterocycles. The predicted molar refractivity (Wildman–Crippen MR) is 46.8 cm³/mol. The first-order valence-corrected chi connectivity index (χ1v) is 4.48. The molecule has 1 atom stereocenters. The first-order valence-electron chi connectivity index (χ1n) is 3.60. The highest BCUT2D eigenvalue weighted by atomic mass is 32.2. The largest absolute Gasteiger partial charge is 0.350 e. The zero-order valence-electron chi connectivity index (χ0n) is 6.29. The van der Waals surface area contributed by atoms with E-state index >= 15 is 0 Å². The molecule has 0 spiro atoms. The fraction of sp³-hybridized carbons (Fsp3) is 0.250. The van der Waals surface area contributed by atoms with Crippen molar-refractivity contribution in [2.24, 2.45) is 0 Å². The third-order valence-corrected chi connectivity index (χ3v) is 2.69. The summed E-state index contributed by atoms with van der Waals surface area (Å²) in [6.07, 6.45) is 0. The van der Waals surface area contributed by atoms with Gasteiger partial charge in [0.15, 0.2) is 12.4 Å². The maximum atomic E-state index is 11.8. The second-order valence-electron chi connectivity index (χ2n) is 2.37. The Bertz CT molecular complexity index is 257. The summed E-state index contributed by atoms with van der Waals surface area (Å²) in [5, 5.41) is 3.04. The number of rotatable bonds is 2. The summed E-state index contributed by atoms with van der Waals surface area (Å²) in [6, 6.07) is 7.81. The van der Waals surface area contributed by atoms with Gasteiger partial charge in [-0.2, -0.15) is 0 Å². The third kappa shape index (κ3) is 1.40. The number of ether oxygens (including phenoxy) is 1. The molecule has 64 valence electrons. The summed E-state index contributed by atoms with van der Waals surface area (Å²) in [5.41, 5.74) is 0.744. The van der Waals surface area contributed by atoms with Crippen molar-refractivity contribution in [2.45, 2.75) is 10.5 Å². The van der Waals surface area contributed by atoms with Crippen LogP contribution < -0.4 is 5.32 Å². The number of fused-ring (bicyclic) bond motifs is 1. The molecule has 0 bridgehead atoms. The number of nitrogens with one attached hydrogen (secondary N) is 1. The van der Waals surface area contributed by atoms with Gasteiger partial charge in [-0.25, -0.2) is 4.39 Å². The lowest BCUT2D eigenvalue weighted by molar-refractivity contribution is 0.0542. The van der Waals surface area contributed by atoms with Gasteiger partial charge in [0, 0.05) is 4.90 Å². The van der Waals surface area contributed by atoms with Crippen molar-refractivity contribution < 1.29 is 9.13 Å². The Morgan fingerprint density at radius 2 is 2.33 bits per heavy atom. The lowest BCUT2D eigenvalue weighted by atomic mass is 10.3. The van der Waals surface area contributed by atoms with E-state index in [2.05, 4.69) is 5.32 Å². The lowest BCUT2D eigenvalue weighted by Gasteiger charge is -2.07. The molecule has 0 aromatic heterocycles. The van der Waals surface area contributed by atoms with Crippen LogP contribution in [0, 0.1) is 0 Å². The molecule has 12 heavy (non-hydrogen) atoms. The normalized spacial score (nSPS) is 20.2. The quantitative estimate of drug-likeness (QED) is 0.764. The second kappa shape index (κ2) is 3.33. The molecule has 0 saturated carbocycles. The molecule has 4 heteroatoms. The molecule has 1 aliphatic rings.